The summed E-state index contributed by atoms with van der Waals surface area (Å²) in [6.45, 7) is 4.98. The van der Waals surface area contributed by atoms with Crippen LogP contribution in [-0.2, 0) is 16.1 Å². The molecule has 13 heteroatoms. The third kappa shape index (κ3) is 6.77. The molecule has 2 atom stereocenters. The summed E-state index contributed by atoms with van der Waals surface area (Å²) in [6.07, 6.45) is 3.48. The standard InChI is InChI=1S/C28H30Cl3N7O3/c1-28(2)8-7-23(38-15-22(34-35-38)13-32-27(41)33-21-5-3-18(29)4-6-21)16-37(28)26(40)17-9-25(39)36(14-17)24-11-19(30)10-20(31)12-24/h3-6,10-12,15,17,23H,7-9,13-14,16H2,1-2H3,(H2,32,33,41). The van der Waals surface area contributed by atoms with Crippen LogP contribution in [0, 0.1) is 5.92 Å². The first-order valence-corrected chi connectivity index (χ1v) is 14.4. The summed E-state index contributed by atoms with van der Waals surface area (Å²) in [7, 11) is 0. The Kier molecular flexibility index (Phi) is 8.45. The topological polar surface area (TPSA) is 112 Å². The van der Waals surface area contributed by atoms with E-state index < -0.39 is 5.92 Å². The van der Waals surface area contributed by atoms with Crippen LogP contribution in [0.5, 0.6) is 0 Å². The number of likely N-dealkylation sites (tertiary alicyclic amines) is 1. The summed E-state index contributed by atoms with van der Waals surface area (Å²) in [6, 6.07) is 11.3. The second-order valence-corrected chi connectivity index (χ2v) is 12.3. The predicted octanol–water partition coefficient (Wildman–Crippen LogP) is 5.56. The van der Waals surface area contributed by atoms with E-state index >= 15 is 0 Å². The summed E-state index contributed by atoms with van der Waals surface area (Å²) < 4.78 is 1.75. The first-order valence-electron chi connectivity index (χ1n) is 13.3. The Morgan fingerprint density at radius 1 is 1.02 bits per heavy atom. The van der Waals surface area contributed by atoms with E-state index in [-0.39, 0.29) is 48.9 Å². The molecule has 3 aromatic rings. The van der Waals surface area contributed by atoms with Gasteiger partial charge in [-0.3, -0.25) is 9.59 Å². The molecule has 0 radical (unpaired) electrons. The highest BCUT2D eigenvalue weighted by Gasteiger charge is 2.44. The molecule has 0 saturated carbocycles. The Morgan fingerprint density at radius 3 is 2.44 bits per heavy atom. The number of amides is 4. The third-order valence-electron chi connectivity index (χ3n) is 7.58. The van der Waals surface area contributed by atoms with E-state index in [2.05, 4.69) is 20.9 Å². The number of aromatic nitrogens is 3. The molecule has 0 aliphatic carbocycles. The van der Waals surface area contributed by atoms with Gasteiger partial charge in [0.1, 0.15) is 5.69 Å². The molecule has 1 aromatic heterocycles. The minimum Gasteiger partial charge on any atom is -0.335 e. The SMILES string of the molecule is CC1(C)CCC(n2cc(CNC(=O)Nc3ccc(Cl)cc3)nn2)CN1C(=O)C1CC(=O)N(c2cc(Cl)cc(Cl)c2)C1. The highest BCUT2D eigenvalue weighted by molar-refractivity contribution is 6.35. The fraction of sp³-hybridized carbons (Fsp3) is 0.393. The largest absolute Gasteiger partial charge is 0.335 e. The molecule has 2 saturated heterocycles. The van der Waals surface area contributed by atoms with E-state index in [9.17, 15) is 14.4 Å². The van der Waals surface area contributed by atoms with Crippen LogP contribution in [0.3, 0.4) is 0 Å². The molecule has 0 spiro atoms. The van der Waals surface area contributed by atoms with E-state index in [1.165, 1.54) is 0 Å². The van der Waals surface area contributed by atoms with Gasteiger partial charge in [0.05, 0.1) is 24.7 Å². The number of piperidine rings is 1. The Bertz CT molecular complexity index is 1440. The predicted molar refractivity (Wildman–Crippen MR) is 158 cm³/mol. The summed E-state index contributed by atoms with van der Waals surface area (Å²) in [5, 5.41) is 15.4. The molecule has 2 aliphatic heterocycles. The Morgan fingerprint density at radius 2 is 1.73 bits per heavy atom. The van der Waals surface area contributed by atoms with Crippen molar-refractivity contribution in [3.8, 4) is 0 Å². The van der Waals surface area contributed by atoms with Crippen molar-refractivity contribution in [1.82, 2.24) is 25.2 Å². The van der Waals surface area contributed by atoms with Crippen molar-refractivity contribution < 1.29 is 14.4 Å². The number of hydrogen-bond acceptors (Lipinski definition) is 5. The maximum absolute atomic E-state index is 13.8. The lowest BCUT2D eigenvalue weighted by Gasteiger charge is -2.46. The van der Waals surface area contributed by atoms with Crippen LogP contribution in [0.2, 0.25) is 15.1 Å². The smallest absolute Gasteiger partial charge is 0.319 e. The van der Waals surface area contributed by atoms with Gasteiger partial charge >= 0.3 is 6.03 Å². The fourth-order valence-electron chi connectivity index (χ4n) is 5.30. The van der Waals surface area contributed by atoms with Gasteiger partial charge < -0.3 is 20.4 Å². The van der Waals surface area contributed by atoms with Gasteiger partial charge in [0, 0.05) is 51.5 Å². The van der Waals surface area contributed by atoms with Crippen molar-refractivity contribution in [3.05, 3.63) is 69.4 Å². The van der Waals surface area contributed by atoms with Crippen molar-refractivity contribution in [1.29, 1.82) is 0 Å². The van der Waals surface area contributed by atoms with Gasteiger partial charge in [-0.1, -0.05) is 40.0 Å². The molecule has 10 nitrogen and oxygen atoms in total. The first-order chi connectivity index (χ1) is 19.5. The molecule has 41 heavy (non-hydrogen) atoms. The van der Waals surface area contributed by atoms with Crippen molar-refractivity contribution in [3.63, 3.8) is 0 Å². The van der Waals surface area contributed by atoms with Crippen molar-refractivity contribution >= 4 is 64.0 Å². The zero-order valence-corrected chi connectivity index (χ0v) is 24.9. The summed E-state index contributed by atoms with van der Waals surface area (Å²) in [5.41, 5.74) is 1.42. The number of nitrogens with one attached hydrogen (secondary N) is 2. The normalized spacial score (nSPS) is 20.3. The lowest BCUT2D eigenvalue weighted by molar-refractivity contribution is -0.144. The van der Waals surface area contributed by atoms with Gasteiger partial charge in [0.15, 0.2) is 0 Å². The third-order valence-corrected chi connectivity index (χ3v) is 8.27. The van der Waals surface area contributed by atoms with E-state index in [0.29, 0.717) is 38.7 Å². The number of carbonyl (C=O) groups is 3. The molecule has 2 aliphatic rings. The Labute approximate surface area is 252 Å². The van der Waals surface area contributed by atoms with Gasteiger partial charge in [-0.15, -0.1) is 5.10 Å². The van der Waals surface area contributed by atoms with E-state index in [4.69, 9.17) is 34.8 Å². The summed E-state index contributed by atoms with van der Waals surface area (Å²) in [4.78, 5) is 42.4. The molecular weight excluding hydrogens is 589 g/mol. The second kappa shape index (κ2) is 11.9. The average molecular weight is 619 g/mol. The summed E-state index contributed by atoms with van der Waals surface area (Å²) >= 11 is 18.2. The van der Waals surface area contributed by atoms with Gasteiger partial charge in [0.2, 0.25) is 11.8 Å². The van der Waals surface area contributed by atoms with Gasteiger partial charge in [-0.2, -0.15) is 0 Å². The molecule has 5 rings (SSSR count). The van der Waals surface area contributed by atoms with Crippen molar-refractivity contribution in [2.75, 3.05) is 23.3 Å². The second-order valence-electron chi connectivity index (χ2n) is 11.0. The molecule has 2 N–H and O–H groups in total. The molecule has 3 heterocycles. The van der Waals surface area contributed by atoms with E-state index in [1.807, 2.05) is 18.7 Å². The van der Waals surface area contributed by atoms with Crippen LogP contribution < -0.4 is 15.5 Å². The maximum atomic E-state index is 13.8. The Hall–Kier alpha value is -3.34. The molecule has 0 bridgehead atoms. The van der Waals surface area contributed by atoms with Crippen molar-refractivity contribution in [2.45, 2.75) is 51.2 Å². The zero-order chi connectivity index (χ0) is 29.3. The van der Waals surface area contributed by atoms with Crippen LogP contribution in [0.15, 0.2) is 48.7 Å². The Balaban J connectivity index is 1.21. The molecule has 4 amide bonds. The molecule has 216 valence electrons. The fourth-order valence-corrected chi connectivity index (χ4v) is 5.94. The quantitative estimate of drug-likeness (QED) is 0.376. The number of hydrogen-bond donors (Lipinski definition) is 2. The van der Waals surface area contributed by atoms with Gasteiger partial charge in [0.25, 0.3) is 0 Å². The number of halogens is 3. The average Bonchev–Trinajstić information content (AvgIpc) is 3.55. The molecule has 2 fully saturated rings. The van der Waals surface area contributed by atoms with E-state index in [0.717, 1.165) is 12.8 Å². The zero-order valence-electron chi connectivity index (χ0n) is 22.6. The lowest BCUT2D eigenvalue weighted by atomic mass is 9.86. The van der Waals surface area contributed by atoms with Crippen LogP contribution in [0.25, 0.3) is 0 Å². The monoisotopic (exact) mass is 617 g/mol. The number of benzene rings is 2. The minimum atomic E-state index is -0.479. The van der Waals surface area contributed by atoms with Crippen LogP contribution >= 0.6 is 34.8 Å². The highest BCUT2D eigenvalue weighted by Crippen LogP contribution is 2.36. The number of urea groups is 1. The molecule has 2 unspecified atom stereocenters. The number of anilines is 2. The maximum Gasteiger partial charge on any atom is 0.319 e. The first kappa shape index (κ1) is 29.2. The van der Waals surface area contributed by atoms with Crippen LogP contribution in [-0.4, -0.2) is 56.4 Å². The molecular formula is C28H30Cl3N7O3. The van der Waals surface area contributed by atoms with Crippen LogP contribution in [0.1, 0.15) is 44.8 Å². The highest BCUT2D eigenvalue weighted by atomic mass is 35.5. The lowest BCUT2D eigenvalue weighted by Crippen LogP contribution is -2.55. The van der Waals surface area contributed by atoms with Gasteiger partial charge in [-0.25, -0.2) is 9.48 Å². The van der Waals surface area contributed by atoms with E-state index in [1.54, 1.807) is 58.2 Å². The number of rotatable bonds is 6. The van der Waals surface area contributed by atoms with Crippen LogP contribution in [0.4, 0.5) is 16.2 Å². The van der Waals surface area contributed by atoms with Gasteiger partial charge in [-0.05, 0) is 69.2 Å². The number of carbonyl (C=O) groups excluding carboxylic acids is 3. The molecule has 2 aromatic carbocycles. The number of nitrogens with zero attached hydrogens (tertiary/aromatic N) is 5. The van der Waals surface area contributed by atoms with Crippen molar-refractivity contribution in [2.24, 2.45) is 5.92 Å². The minimum absolute atomic E-state index is 0.0652. The summed E-state index contributed by atoms with van der Waals surface area (Å²) in [5.74, 6) is -0.681.